The Morgan fingerprint density at radius 3 is 2.78 bits per heavy atom. The first kappa shape index (κ1) is 13.6. The number of nitrogens with zero attached hydrogens (tertiary/aromatic N) is 1. The number of carbonyl (C=O) groups is 1. The summed E-state index contributed by atoms with van der Waals surface area (Å²) < 4.78 is 16.2. The van der Waals surface area contributed by atoms with Crippen LogP contribution in [0.1, 0.15) is 11.7 Å². The summed E-state index contributed by atoms with van der Waals surface area (Å²) in [6, 6.07) is 3.58. The number of halogens is 1. The average molecular weight is 318 g/mol. The van der Waals surface area contributed by atoms with Crippen LogP contribution in [0.3, 0.4) is 0 Å². The maximum atomic E-state index is 11.8. The zero-order valence-electron chi connectivity index (χ0n) is 10.2. The Balaban J connectivity index is 2.07. The third-order valence-corrected chi connectivity index (χ3v) is 3.39. The molecule has 0 bridgehead atoms. The van der Waals surface area contributed by atoms with Crippen molar-refractivity contribution in [2.75, 3.05) is 40.0 Å². The highest BCUT2D eigenvalue weighted by molar-refractivity contribution is 9.10. The van der Waals surface area contributed by atoms with Gasteiger partial charge in [0, 0.05) is 19.6 Å². The lowest BCUT2D eigenvalue weighted by molar-refractivity contribution is -0.143. The number of ether oxygens (including phenoxy) is 2. The molecule has 1 saturated heterocycles. The smallest absolute Gasteiger partial charge is 0.317 e. The minimum atomic E-state index is -0.389. The molecule has 100 valence electrons. The molecule has 0 aliphatic carbocycles. The van der Waals surface area contributed by atoms with E-state index in [2.05, 4.69) is 20.8 Å². The molecule has 1 fully saturated rings. The van der Waals surface area contributed by atoms with E-state index in [0.29, 0.717) is 30.2 Å². The van der Waals surface area contributed by atoms with Crippen molar-refractivity contribution in [2.45, 2.75) is 5.92 Å². The monoisotopic (exact) mass is 317 g/mol. The van der Waals surface area contributed by atoms with Crippen molar-refractivity contribution in [3.8, 4) is 0 Å². The van der Waals surface area contributed by atoms with Gasteiger partial charge in [-0.2, -0.15) is 0 Å². The van der Waals surface area contributed by atoms with Crippen LogP contribution < -0.4 is 0 Å². The van der Waals surface area contributed by atoms with Crippen LogP contribution >= 0.6 is 15.9 Å². The molecule has 0 N–H and O–H groups in total. The van der Waals surface area contributed by atoms with Gasteiger partial charge in [0.2, 0.25) is 0 Å². The van der Waals surface area contributed by atoms with Gasteiger partial charge in [-0.05, 0) is 28.1 Å². The average Bonchev–Trinajstić information content (AvgIpc) is 2.83. The largest absolute Gasteiger partial charge is 0.468 e. The fraction of sp³-hybridized carbons (Fsp3) is 0.583. The standard InChI is InChI=1S/C12H16BrNO4/c1-16-12(15)9(10-2-3-11(13)18-10)8-14-4-6-17-7-5-14/h2-3,9H,4-8H2,1H3. The van der Waals surface area contributed by atoms with E-state index in [1.165, 1.54) is 7.11 Å². The van der Waals surface area contributed by atoms with Gasteiger partial charge in [0.15, 0.2) is 4.67 Å². The molecule has 1 aliphatic rings. The highest BCUT2D eigenvalue weighted by Gasteiger charge is 2.28. The Hall–Kier alpha value is -0.850. The minimum absolute atomic E-state index is 0.275. The summed E-state index contributed by atoms with van der Waals surface area (Å²) in [7, 11) is 1.40. The predicted molar refractivity (Wildman–Crippen MR) is 68.4 cm³/mol. The molecule has 0 radical (unpaired) electrons. The molecule has 0 saturated carbocycles. The fourth-order valence-electron chi connectivity index (χ4n) is 1.98. The molecular formula is C12H16BrNO4. The van der Waals surface area contributed by atoms with E-state index in [1.54, 1.807) is 12.1 Å². The summed E-state index contributed by atoms with van der Waals surface area (Å²) in [6.07, 6.45) is 0. The Bertz CT molecular complexity index is 401. The SMILES string of the molecule is COC(=O)C(CN1CCOCC1)c1ccc(Br)o1. The molecule has 1 aromatic heterocycles. The first-order valence-electron chi connectivity index (χ1n) is 5.84. The van der Waals surface area contributed by atoms with E-state index in [-0.39, 0.29) is 11.9 Å². The number of morpholine rings is 1. The van der Waals surface area contributed by atoms with Crippen molar-refractivity contribution in [3.05, 3.63) is 22.6 Å². The first-order chi connectivity index (χ1) is 8.70. The summed E-state index contributed by atoms with van der Waals surface area (Å²) in [6.45, 7) is 3.66. The van der Waals surface area contributed by atoms with E-state index >= 15 is 0 Å². The van der Waals surface area contributed by atoms with Gasteiger partial charge < -0.3 is 13.9 Å². The van der Waals surface area contributed by atoms with Gasteiger partial charge in [-0.15, -0.1) is 0 Å². The van der Waals surface area contributed by atoms with Crippen molar-refractivity contribution in [1.29, 1.82) is 0 Å². The minimum Gasteiger partial charge on any atom is -0.468 e. The number of hydrogen-bond donors (Lipinski definition) is 0. The number of furan rings is 1. The first-order valence-corrected chi connectivity index (χ1v) is 6.63. The van der Waals surface area contributed by atoms with Crippen LogP contribution in [0, 0.1) is 0 Å². The molecule has 1 atom stereocenters. The van der Waals surface area contributed by atoms with E-state index in [9.17, 15) is 4.79 Å². The molecule has 0 spiro atoms. The van der Waals surface area contributed by atoms with Crippen LogP contribution in [0.5, 0.6) is 0 Å². The van der Waals surface area contributed by atoms with E-state index in [1.807, 2.05) is 0 Å². The Morgan fingerprint density at radius 2 is 2.22 bits per heavy atom. The van der Waals surface area contributed by atoms with Gasteiger partial charge in [0.1, 0.15) is 11.7 Å². The summed E-state index contributed by atoms with van der Waals surface area (Å²) >= 11 is 3.24. The molecule has 2 heterocycles. The van der Waals surface area contributed by atoms with Gasteiger partial charge in [-0.25, -0.2) is 0 Å². The molecular weight excluding hydrogens is 302 g/mol. The van der Waals surface area contributed by atoms with E-state index < -0.39 is 0 Å². The lowest BCUT2D eigenvalue weighted by Gasteiger charge is -2.28. The van der Waals surface area contributed by atoms with E-state index in [4.69, 9.17) is 13.9 Å². The van der Waals surface area contributed by atoms with E-state index in [0.717, 1.165) is 13.1 Å². The second-order valence-corrected chi connectivity index (χ2v) is 4.91. The van der Waals surface area contributed by atoms with Crippen LogP contribution in [0.15, 0.2) is 21.2 Å². The molecule has 2 rings (SSSR count). The highest BCUT2D eigenvalue weighted by Crippen LogP contribution is 2.24. The number of methoxy groups -OCH3 is 1. The van der Waals surface area contributed by atoms with Crippen LogP contribution in [0.25, 0.3) is 0 Å². The molecule has 18 heavy (non-hydrogen) atoms. The Labute approximate surface area is 114 Å². The predicted octanol–water partition coefficient (Wildman–Crippen LogP) is 1.63. The molecule has 1 aromatic rings. The van der Waals surface area contributed by atoms with Crippen molar-refractivity contribution >= 4 is 21.9 Å². The lowest BCUT2D eigenvalue weighted by atomic mass is 10.1. The molecule has 6 heteroatoms. The van der Waals surface area contributed by atoms with Crippen molar-refractivity contribution in [2.24, 2.45) is 0 Å². The summed E-state index contributed by atoms with van der Waals surface area (Å²) in [5.74, 6) is -0.0389. The second kappa shape index (κ2) is 6.36. The number of esters is 1. The van der Waals surface area contributed by atoms with Crippen LogP contribution in [-0.4, -0.2) is 50.8 Å². The Kier molecular flexibility index (Phi) is 4.79. The highest BCUT2D eigenvalue weighted by atomic mass is 79.9. The van der Waals surface area contributed by atoms with Crippen molar-refractivity contribution in [3.63, 3.8) is 0 Å². The third-order valence-electron chi connectivity index (χ3n) is 2.97. The van der Waals surface area contributed by atoms with Gasteiger partial charge in [-0.1, -0.05) is 0 Å². The van der Waals surface area contributed by atoms with Crippen LogP contribution in [0.4, 0.5) is 0 Å². The van der Waals surface area contributed by atoms with Crippen molar-refractivity contribution in [1.82, 2.24) is 4.90 Å². The normalized spacial score (nSPS) is 18.6. The number of carbonyl (C=O) groups excluding carboxylic acids is 1. The maximum absolute atomic E-state index is 11.8. The lowest BCUT2D eigenvalue weighted by Crippen LogP contribution is -2.40. The third kappa shape index (κ3) is 3.34. The topological polar surface area (TPSA) is 51.9 Å². The number of rotatable bonds is 4. The summed E-state index contributed by atoms with van der Waals surface area (Å²) in [5.41, 5.74) is 0. The molecule has 1 unspecified atom stereocenters. The fourth-order valence-corrected chi connectivity index (χ4v) is 2.30. The zero-order valence-corrected chi connectivity index (χ0v) is 11.8. The summed E-state index contributed by atoms with van der Waals surface area (Å²) in [4.78, 5) is 14.0. The quantitative estimate of drug-likeness (QED) is 0.790. The maximum Gasteiger partial charge on any atom is 0.317 e. The van der Waals surface area contributed by atoms with Crippen molar-refractivity contribution < 1.29 is 18.7 Å². The molecule has 1 aliphatic heterocycles. The van der Waals surface area contributed by atoms with Gasteiger partial charge in [0.25, 0.3) is 0 Å². The second-order valence-electron chi connectivity index (χ2n) is 4.13. The number of hydrogen-bond acceptors (Lipinski definition) is 5. The van der Waals surface area contributed by atoms with Crippen LogP contribution in [0.2, 0.25) is 0 Å². The molecule has 0 amide bonds. The van der Waals surface area contributed by atoms with Gasteiger partial charge in [-0.3, -0.25) is 9.69 Å². The Morgan fingerprint density at radius 1 is 1.50 bits per heavy atom. The van der Waals surface area contributed by atoms with Gasteiger partial charge >= 0.3 is 5.97 Å². The van der Waals surface area contributed by atoms with Crippen LogP contribution in [-0.2, 0) is 14.3 Å². The zero-order chi connectivity index (χ0) is 13.0. The molecule has 5 nitrogen and oxygen atoms in total. The van der Waals surface area contributed by atoms with Gasteiger partial charge in [0.05, 0.1) is 20.3 Å². The molecule has 0 aromatic carbocycles. The summed E-state index contributed by atoms with van der Waals surface area (Å²) in [5, 5.41) is 0.